The Morgan fingerprint density at radius 2 is 1.92 bits per heavy atom. The number of nitrogens with zero attached hydrogens (tertiary/aromatic N) is 5. The lowest BCUT2D eigenvalue weighted by atomic mass is 10.1. The van der Waals surface area contributed by atoms with Gasteiger partial charge < -0.3 is 30.3 Å². The first kappa shape index (κ1) is 25.2. The van der Waals surface area contributed by atoms with Crippen LogP contribution in [0, 0.1) is 16.7 Å². The van der Waals surface area contributed by atoms with Gasteiger partial charge in [-0.1, -0.05) is 12.1 Å². The zero-order valence-corrected chi connectivity index (χ0v) is 21.8. The van der Waals surface area contributed by atoms with Crippen molar-refractivity contribution in [3.05, 3.63) is 48.3 Å². The zero-order valence-electron chi connectivity index (χ0n) is 21.8. The number of anilines is 2. The predicted molar refractivity (Wildman–Crippen MR) is 144 cm³/mol. The molecule has 2 aliphatic heterocycles. The highest BCUT2D eigenvalue weighted by Crippen LogP contribution is 2.47. The molecule has 202 valence electrons. The quantitative estimate of drug-likeness (QED) is 0.473. The van der Waals surface area contributed by atoms with E-state index in [4.69, 9.17) is 15.2 Å². The van der Waals surface area contributed by atoms with E-state index in [2.05, 4.69) is 45.7 Å². The smallest absolute Gasteiger partial charge is 0.252 e. The van der Waals surface area contributed by atoms with Crippen molar-refractivity contribution in [2.24, 2.45) is 11.1 Å². The van der Waals surface area contributed by atoms with E-state index >= 15 is 0 Å². The molecule has 1 aliphatic carbocycles. The number of nitrogens with one attached hydrogen (secondary N) is 1. The number of amides is 2. The van der Waals surface area contributed by atoms with E-state index in [-0.39, 0.29) is 23.6 Å². The van der Waals surface area contributed by atoms with Crippen LogP contribution in [0.15, 0.2) is 42.7 Å². The van der Waals surface area contributed by atoms with Crippen molar-refractivity contribution >= 4 is 28.7 Å². The van der Waals surface area contributed by atoms with Crippen molar-refractivity contribution in [3.8, 4) is 17.2 Å². The van der Waals surface area contributed by atoms with E-state index < -0.39 is 11.3 Å². The fraction of sp³-hybridized carbons (Fsp3) is 0.429. The van der Waals surface area contributed by atoms with E-state index in [1.54, 1.807) is 16.5 Å². The van der Waals surface area contributed by atoms with Crippen molar-refractivity contribution in [3.63, 3.8) is 0 Å². The maximum absolute atomic E-state index is 13.0. The molecule has 2 amide bonds. The fourth-order valence-electron chi connectivity index (χ4n) is 5.54. The topological polar surface area (TPSA) is 138 Å². The molecule has 3 aliphatic rings. The molecule has 0 spiro atoms. The number of aromatic nitrogens is 2. The molecule has 1 aromatic carbocycles. The monoisotopic (exact) mass is 529 g/mol. The second-order valence-electron chi connectivity index (χ2n) is 10.4. The maximum atomic E-state index is 13.0. The minimum absolute atomic E-state index is 0.156. The SMILES string of the molecule is CO[C@H]1CN(C(=O)C2(C#N)CC2)C[C@H]1Nc1c(C(N)=O)cnn2cc(-c3ccc(N4CCOCC4)cc3)cc12. The molecular formula is C28H31N7O4. The number of hydrogen-bond acceptors (Lipinski definition) is 8. The van der Waals surface area contributed by atoms with Crippen LogP contribution >= 0.6 is 0 Å². The highest BCUT2D eigenvalue weighted by molar-refractivity contribution is 6.02. The third kappa shape index (κ3) is 4.56. The van der Waals surface area contributed by atoms with E-state index in [1.165, 1.54) is 6.20 Å². The van der Waals surface area contributed by atoms with Gasteiger partial charge in [-0.15, -0.1) is 0 Å². The van der Waals surface area contributed by atoms with Gasteiger partial charge in [0, 0.05) is 50.7 Å². The number of primary amides is 1. The summed E-state index contributed by atoms with van der Waals surface area (Å²) in [5.74, 6) is -0.761. The van der Waals surface area contributed by atoms with Gasteiger partial charge in [0.1, 0.15) is 5.41 Å². The summed E-state index contributed by atoms with van der Waals surface area (Å²) in [6, 6.07) is 12.2. The number of ether oxygens (including phenoxy) is 2. The average Bonchev–Trinajstić information content (AvgIpc) is 3.47. The Morgan fingerprint density at radius 1 is 1.18 bits per heavy atom. The van der Waals surface area contributed by atoms with E-state index in [0.717, 1.165) is 43.1 Å². The molecule has 0 unspecified atom stereocenters. The van der Waals surface area contributed by atoms with Gasteiger partial charge in [0.05, 0.1) is 54.4 Å². The minimum Gasteiger partial charge on any atom is -0.378 e. The number of methoxy groups -OCH3 is 1. The summed E-state index contributed by atoms with van der Waals surface area (Å²) in [6.45, 7) is 3.91. The molecule has 3 N–H and O–H groups in total. The number of carbonyl (C=O) groups excluding carboxylic acids is 2. The van der Waals surface area contributed by atoms with Crippen molar-refractivity contribution in [1.29, 1.82) is 5.26 Å². The summed E-state index contributed by atoms with van der Waals surface area (Å²) in [5.41, 5.74) is 9.43. The lowest BCUT2D eigenvalue weighted by Crippen LogP contribution is -2.37. The maximum Gasteiger partial charge on any atom is 0.252 e. The predicted octanol–water partition coefficient (Wildman–Crippen LogP) is 1.88. The molecule has 0 bridgehead atoms. The zero-order chi connectivity index (χ0) is 27.1. The van der Waals surface area contributed by atoms with E-state index in [0.29, 0.717) is 37.1 Å². The largest absolute Gasteiger partial charge is 0.378 e. The third-order valence-corrected chi connectivity index (χ3v) is 8.04. The van der Waals surface area contributed by atoms with Crippen LogP contribution in [0.3, 0.4) is 0 Å². The number of benzene rings is 1. The number of morpholine rings is 1. The fourth-order valence-corrected chi connectivity index (χ4v) is 5.54. The van der Waals surface area contributed by atoms with E-state index in [1.807, 2.05) is 12.3 Å². The molecule has 4 heterocycles. The third-order valence-electron chi connectivity index (χ3n) is 8.04. The highest BCUT2D eigenvalue weighted by Gasteiger charge is 2.54. The van der Waals surface area contributed by atoms with Gasteiger partial charge in [-0.3, -0.25) is 9.59 Å². The second kappa shape index (κ2) is 9.87. The van der Waals surface area contributed by atoms with Crippen LogP contribution in [0.5, 0.6) is 0 Å². The average molecular weight is 530 g/mol. The number of nitriles is 1. The number of nitrogens with two attached hydrogens (primary N) is 1. The van der Waals surface area contributed by atoms with Crippen molar-refractivity contribution < 1.29 is 19.1 Å². The van der Waals surface area contributed by atoms with Crippen molar-refractivity contribution in [2.75, 3.05) is 56.7 Å². The number of carbonyl (C=O) groups is 2. The van der Waals surface area contributed by atoms with Crippen LogP contribution in [-0.4, -0.2) is 85.0 Å². The van der Waals surface area contributed by atoms with Gasteiger partial charge in [0.25, 0.3) is 5.91 Å². The molecule has 3 aromatic rings. The van der Waals surface area contributed by atoms with Gasteiger partial charge in [-0.2, -0.15) is 10.4 Å². The Balaban J connectivity index is 1.29. The number of hydrogen-bond donors (Lipinski definition) is 2. The van der Waals surface area contributed by atoms with Gasteiger partial charge in [-0.05, 0) is 36.6 Å². The summed E-state index contributed by atoms with van der Waals surface area (Å²) in [7, 11) is 1.59. The first-order valence-electron chi connectivity index (χ1n) is 13.2. The van der Waals surface area contributed by atoms with Crippen LogP contribution in [0.1, 0.15) is 23.2 Å². The van der Waals surface area contributed by atoms with Crippen LogP contribution in [0.4, 0.5) is 11.4 Å². The molecule has 2 saturated heterocycles. The first-order chi connectivity index (χ1) is 18.9. The molecule has 39 heavy (non-hydrogen) atoms. The van der Waals surface area contributed by atoms with Gasteiger partial charge in [-0.25, -0.2) is 4.52 Å². The lowest BCUT2D eigenvalue weighted by Gasteiger charge is -2.28. The standard InChI is InChI=1S/C28H31N7O4/c1-38-24-16-34(27(37)28(17-29)6-7-28)15-22(24)32-25-21(26(30)36)13-31-35-14-19(12-23(25)35)18-2-4-20(5-3-18)33-8-10-39-11-9-33/h2-5,12-14,22,24,32H,6-11,15-16H2,1H3,(H2,30,36)/t22-,24+/m1/s1. The molecule has 2 aromatic heterocycles. The van der Waals surface area contributed by atoms with Crippen LogP contribution in [0.25, 0.3) is 16.6 Å². The van der Waals surface area contributed by atoms with Gasteiger partial charge in [0.15, 0.2) is 0 Å². The Labute approximate surface area is 226 Å². The second-order valence-corrected chi connectivity index (χ2v) is 10.4. The number of rotatable bonds is 7. The van der Waals surface area contributed by atoms with Crippen LogP contribution in [0.2, 0.25) is 0 Å². The molecule has 2 atom stereocenters. The molecular weight excluding hydrogens is 498 g/mol. The molecule has 6 rings (SSSR count). The van der Waals surface area contributed by atoms with Gasteiger partial charge in [0.2, 0.25) is 5.91 Å². The van der Waals surface area contributed by atoms with Crippen LogP contribution < -0.4 is 16.0 Å². The molecule has 11 heteroatoms. The first-order valence-corrected chi connectivity index (χ1v) is 13.2. The molecule has 0 radical (unpaired) electrons. The Morgan fingerprint density at radius 3 is 2.56 bits per heavy atom. The van der Waals surface area contributed by atoms with Gasteiger partial charge >= 0.3 is 0 Å². The Kier molecular flexibility index (Phi) is 6.37. The normalized spacial score (nSPS) is 22.1. The summed E-state index contributed by atoms with van der Waals surface area (Å²) in [4.78, 5) is 29.4. The molecule has 1 saturated carbocycles. The molecule has 11 nitrogen and oxygen atoms in total. The Bertz CT molecular complexity index is 1450. The summed E-state index contributed by atoms with van der Waals surface area (Å²) >= 11 is 0. The summed E-state index contributed by atoms with van der Waals surface area (Å²) < 4.78 is 12.9. The lowest BCUT2D eigenvalue weighted by molar-refractivity contribution is -0.134. The van der Waals surface area contributed by atoms with Crippen molar-refractivity contribution in [2.45, 2.75) is 25.0 Å². The minimum atomic E-state index is -0.900. The summed E-state index contributed by atoms with van der Waals surface area (Å²) in [6.07, 6.45) is 4.23. The van der Waals surface area contributed by atoms with E-state index in [9.17, 15) is 14.9 Å². The summed E-state index contributed by atoms with van der Waals surface area (Å²) in [5, 5.41) is 17.4. The van der Waals surface area contributed by atoms with Crippen LogP contribution in [-0.2, 0) is 14.3 Å². The Hall–Kier alpha value is -4.14. The van der Waals surface area contributed by atoms with Crippen molar-refractivity contribution in [1.82, 2.24) is 14.5 Å². The highest BCUT2D eigenvalue weighted by atomic mass is 16.5. The number of likely N-dealkylation sites (tertiary alicyclic amines) is 1. The molecule has 3 fully saturated rings. The number of fused-ring (bicyclic) bond motifs is 1.